The average Bonchev–Trinajstić information content (AvgIpc) is 2.31. The van der Waals surface area contributed by atoms with Crippen LogP contribution < -0.4 is 0 Å². The summed E-state index contributed by atoms with van der Waals surface area (Å²) in [7, 11) is -3.67. The molecular formula is C10H10N2O3S. The quantitative estimate of drug-likeness (QED) is 0.584. The molecule has 0 atom stereocenters. The van der Waals surface area contributed by atoms with Gasteiger partial charge in [-0.1, -0.05) is 35.5 Å². The Bertz CT molecular complexity index is 515. The Balaban J connectivity index is 2.94. The van der Waals surface area contributed by atoms with Gasteiger partial charge in [0.1, 0.15) is 6.07 Å². The van der Waals surface area contributed by atoms with Crippen LogP contribution in [0.25, 0.3) is 0 Å². The number of nitrogens with zero attached hydrogens (tertiary/aromatic N) is 2. The molecule has 5 nitrogen and oxygen atoms in total. The van der Waals surface area contributed by atoms with Crippen molar-refractivity contribution in [1.29, 1.82) is 5.26 Å². The largest absolute Gasteiger partial charge is 0.328 e. The zero-order chi connectivity index (χ0) is 12.0. The van der Waals surface area contributed by atoms with Crippen LogP contribution in [0.4, 0.5) is 0 Å². The molecule has 1 rings (SSSR count). The van der Waals surface area contributed by atoms with Gasteiger partial charge in [0.05, 0.1) is 5.75 Å². The lowest BCUT2D eigenvalue weighted by Crippen LogP contribution is -2.07. The Morgan fingerprint density at radius 1 is 1.44 bits per heavy atom. The molecule has 0 bridgehead atoms. The number of nitriles is 1. The second-order valence-corrected chi connectivity index (χ2v) is 4.68. The van der Waals surface area contributed by atoms with Gasteiger partial charge in [-0.05, 0) is 6.92 Å². The van der Waals surface area contributed by atoms with Crippen molar-refractivity contribution in [3.05, 3.63) is 35.9 Å². The summed E-state index contributed by atoms with van der Waals surface area (Å²) in [6.45, 7) is 1.43. The number of benzene rings is 1. The van der Waals surface area contributed by atoms with E-state index in [0.717, 1.165) is 0 Å². The molecule has 16 heavy (non-hydrogen) atoms. The van der Waals surface area contributed by atoms with Crippen LogP contribution in [0.3, 0.4) is 0 Å². The van der Waals surface area contributed by atoms with E-state index < -0.39 is 10.1 Å². The maximum absolute atomic E-state index is 11.0. The van der Waals surface area contributed by atoms with Crippen LogP contribution in [0.2, 0.25) is 0 Å². The van der Waals surface area contributed by atoms with Crippen molar-refractivity contribution < 1.29 is 12.7 Å². The molecule has 0 amide bonds. The van der Waals surface area contributed by atoms with Crippen molar-refractivity contribution in [2.75, 3.05) is 5.75 Å². The first-order valence-corrected chi connectivity index (χ1v) is 6.11. The Hall–Kier alpha value is -1.87. The molecule has 0 saturated heterocycles. The molecule has 0 N–H and O–H groups in total. The minimum Gasteiger partial charge on any atom is -0.267 e. The molecule has 0 aliphatic rings. The molecule has 0 aliphatic carbocycles. The third-order valence-electron chi connectivity index (χ3n) is 1.75. The van der Waals surface area contributed by atoms with Crippen LogP contribution in [0, 0.1) is 11.3 Å². The van der Waals surface area contributed by atoms with Crippen LogP contribution in [0.15, 0.2) is 35.5 Å². The highest BCUT2D eigenvalue weighted by Gasteiger charge is 2.09. The van der Waals surface area contributed by atoms with Gasteiger partial charge in [-0.2, -0.15) is 13.7 Å². The monoisotopic (exact) mass is 238 g/mol. The fourth-order valence-electron chi connectivity index (χ4n) is 0.880. The molecule has 0 heterocycles. The maximum atomic E-state index is 11.0. The first kappa shape index (κ1) is 12.2. The van der Waals surface area contributed by atoms with Gasteiger partial charge in [0.15, 0.2) is 5.71 Å². The summed E-state index contributed by atoms with van der Waals surface area (Å²) in [4.78, 5) is 0. The third-order valence-corrected chi connectivity index (χ3v) is 2.76. The molecule has 84 valence electrons. The second kappa shape index (κ2) is 5.28. The molecule has 1 aromatic rings. The Morgan fingerprint density at radius 2 is 2.06 bits per heavy atom. The maximum Gasteiger partial charge on any atom is 0.328 e. The van der Waals surface area contributed by atoms with Gasteiger partial charge in [-0.3, -0.25) is 4.28 Å². The summed E-state index contributed by atoms with van der Waals surface area (Å²) in [5.41, 5.74) is 0.439. The van der Waals surface area contributed by atoms with E-state index in [2.05, 4.69) is 9.44 Å². The SMILES string of the molecule is CCS(=O)(=O)ON=C(C#N)c1ccccc1. The lowest BCUT2D eigenvalue weighted by molar-refractivity contribution is 0.340. The zero-order valence-electron chi connectivity index (χ0n) is 8.62. The topological polar surface area (TPSA) is 79.5 Å². The molecule has 0 spiro atoms. The fraction of sp³-hybridized carbons (Fsp3) is 0.200. The number of hydrogen-bond acceptors (Lipinski definition) is 5. The van der Waals surface area contributed by atoms with E-state index >= 15 is 0 Å². The van der Waals surface area contributed by atoms with Crippen molar-refractivity contribution in [3.8, 4) is 6.07 Å². The molecule has 1 aromatic carbocycles. The van der Waals surface area contributed by atoms with E-state index in [1.807, 2.05) is 0 Å². The molecule has 0 saturated carbocycles. The van der Waals surface area contributed by atoms with Crippen LogP contribution in [0.5, 0.6) is 0 Å². The van der Waals surface area contributed by atoms with Gasteiger partial charge < -0.3 is 0 Å². The van der Waals surface area contributed by atoms with Crippen LogP contribution in [-0.2, 0) is 14.4 Å². The number of hydrogen-bond donors (Lipinski definition) is 0. The highest BCUT2D eigenvalue weighted by atomic mass is 32.2. The van der Waals surface area contributed by atoms with E-state index in [4.69, 9.17) is 5.26 Å². The summed E-state index contributed by atoms with van der Waals surface area (Å²) >= 11 is 0. The minimum absolute atomic E-state index is 0.0716. The third kappa shape index (κ3) is 3.37. The Morgan fingerprint density at radius 3 is 2.56 bits per heavy atom. The van der Waals surface area contributed by atoms with Crippen LogP contribution in [0.1, 0.15) is 12.5 Å². The summed E-state index contributed by atoms with van der Waals surface area (Å²) in [6, 6.07) is 10.3. The highest BCUT2D eigenvalue weighted by Crippen LogP contribution is 2.03. The van der Waals surface area contributed by atoms with E-state index in [1.165, 1.54) is 6.92 Å². The van der Waals surface area contributed by atoms with E-state index in [-0.39, 0.29) is 11.5 Å². The fourth-order valence-corrected chi connectivity index (χ4v) is 1.17. The van der Waals surface area contributed by atoms with E-state index in [1.54, 1.807) is 36.4 Å². The van der Waals surface area contributed by atoms with Crippen molar-refractivity contribution in [2.24, 2.45) is 5.16 Å². The van der Waals surface area contributed by atoms with E-state index in [9.17, 15) is 8.42 Å². The van der Waals surface area contributed by atoms with Crippen molar-refractivity contribution in [1.82, 2.24) is 0 Å². The van der Waals surface area contributed by atoms with Crippen molar-refractivity contribution in [3.63, 3.8) is 0 Å². The number of oxime groups is 1. The first-order chi connectivity index (χ1) is 7.59. The number of rotatable bonds is 4. The van der Waals surface area contributed by atoms with Crippen molar-refractivity contribution >= 4 is 15.8 Å². The average molecular weight is 238 g/mol. The van der Waals surface area contributed by atoms with Crippen LogP contribution >= 0.6 is 0 Å². The van der Waals surface area contributed by atoms with Gasteiger partial charge >= 0.3 is 10.1 Å². The first-order valence-electron chi connectivity index (χ1n) is 4.54. The summed E-state index contributed by atoms with van der Waals surface area (Å²) in [5.74, 6) is -0.190. The molecule has 0 unspecified atom stereocenters. The minimum atomic E-state index is -3.67. The van der Waals surface area contributed by atoms with Gasteiger partial charge in [-0.25, -0.2) is 0 Å². The van der Waals surface area contributed by atoms with E-state index in [0.29, 0.717) is 5.56 Å². The molecule has 0 fully saturated rings. The molecular weight excluding hydrogens is 228 g/mol. The normalized spacial score (nSPS) is 11.9. The lowest BCUT2D eigenvalue weighted by atomic mass is 10.1. The highest BCUT2D eigenvalue weighted by molar-refractivity contribution is 7.86. The van der Waals surface area contributed by atoms with Gasteiger partial charge in [0.2, 0.25) is 0 Å². The predicted octanol–water partition coefficient (Wildman–Crippen LogP) is 1.28. The predicted molar refractivity (Wildman–Crippen MR) is 59.1 cm³/mol. The van der Waals surface area contributed by atoms with Gasteiger partial charge in [0.25, 0.3) is 0 Å². The smallest absolute Gasteiger partial charge is 0.267 e. The van der Waals surface area contributed by atoms with Gasteiger partial charge in [-0.15, -0.1) is 0 Å². The zero-order valence-corrected chi connectivity index (χ0v) is 9.44. The molecule has 0 radical (unpaired) electrons. The Kier molecular flexibility index (Phi) is 4.03. The summed E-state index contributed by atoms with van der Waals surface area (Å²) in [5, 5.41) is 12.1. The standard InChI is InChI=1S/C10H10N2O3S/c1-2-16(13,14)15-12-10(8-11)9-6-4-3-5-7-9/h3-7H,2H2,1H3. The molecule has 6 heteroatoms. The van der Waals surface area contributed by atoms with Gasteiger partial charge in [0, 0.05) is 5.56 Å². The Labute approximate surface area is 94.1 Å². The van der Waals surface area contributed by atoms with Crippen LogP contribution in [-0.4, -0.2) is 19.9 Å². The van der Waals surface area contributed by atoms with Crippen molar-refractivity contribution in [2.45, 2.75) is 6.92 Å². The lowest BCUT2D eigenvalue weighted by Gasteiger charge is -1.98. The summed E-state index contributed by atoms with van der Waals surface area (Å²) < 4.78 is 26.3. The molecule has 0 aliphatic heterocycles. The second-order valence-electron chi connectivity index (χ2n) is 2.84. The summed E-state index contributed by atoms with van der Waals surface area (Å²) in [6.07, 6.45) is 0. The molecule has 0 aromatic heterocycles.